The molecule has 0 spiro atoms. The molecule has 0 atom stereocenters. The summed E-state index contributed by atoms with van der Waals surface area (Å²) < 4.78 is 4.50. The van der Waals surface area contributed by atoms with E-state index in [-0.39, 0.29) is 5.56 Å². The van der Waals surface area contributed by atoms with Crippen molar-refractivity contribution < 1.29 is 0 Å². The quantitative estimate of drug-likeness (QED) is 0.533. The van der Waals surface area contributed by atoms with Gasteiger partial charge in [-0.3, -0.25) is 4.79 Å². The van der Waals surface area contributed by atoms with Crippen LogP contribution in [0.1, 0.15) is 11.1 Å². The van der Waals surface area contributed by atoms with E-state index in [0.29, 0.717) is 9.20 Å². The van der Waals surface area contributed by atoms with Crippen LogP contribution in [0.25, 0.3) is 29.1 Å². The Bertz CT molecular complexity index is 1400. The Labute approximate surface area is 171 Å². The molecule has 4 rings (SSSR count). The summed E-state index contributed by atoms with van der Waals surface area (Å²) in [5.41, 5.74) is 4.60. The van der Waals surface area contributed by atoms with Crippen LogP contribution in [0.2, 0.25) is 0 Å². The minimum Gasteiger partial charge on any atom is -0.301 e. The minimum atomic E-state index is -0.126. The second-order valence-corrected chi connectivity index (χ2v) is 7.73. The summed E-state index contributed by atoms with van der Waals surface area (Å²) in [7, 11) is 1.67. The van der Waals surface area contributed by atoms with Crippen LogP contribution in [0.3, 0.4) is 0 Å². The van der Waals surface area contributed by atoms with Gasteiger partial charge in [-0.15, -0.1) is 11.3 Å². The second kappa shape index (κ2) is 7.74. The van der Waals surface area contributed by atoms with Crippen molar-refractivity contribution in [3.8, 4) is 23.0 Å². The molecule has 0 N–H and O–H groups in total. The molecule has 6 heteroatoms. The van der Waals surface area contributed by atoms with E-state index < -0.39 is 0 Å². The van der Waals surface area contributed by atoms with Crippen molar-refractivity contribution in [2.75, 3.05) is 0 Å². The first-order chi connectivity index (χ1) is 14.1. The van der Waals surface area contributed by atoms with Gasteiger partial charge in [0.05, 0.1) is 16.3 Å². The number of nitrogens with zero attached hydrogens (tertiary/aromatic N) is 4. The number of aromatic nitrogens is 3. The SMILES string of the molecule is Cc1cccc(-c2nn(-c3ccccc3)cc2/C=c2\s/c(=C\C#N)n(C)c2=O)c1. The van der Waals surface area contributed by atoms with Crippen molar-refractivity contribution in [3.05, 3.63) is 91.5 Å². The molecule has 29 heavy (non-hydrogen) atoms. The Hall–Kier alpha value is -3.69. The molecule has 0 amide bonds. The molecule has 4 aromatic rings. The fourth-order valence-corrected chi connectivity index (χ4v) is 4.09. The number of benzene rings is 2. The Morgan fingerprint density at radius 3 is 2.66 bits per heavy atom. The molecule has 0 aliphatic carbocycles. The normalized spacial score (nSPS) is 12.3. The summed E-state index contributed by atoms with van der Waals surface area (Å²) in [6.45, 7) is 2.04. The topological polar surface area (TPSA) is 63.6 Å². The van der Waals surface area contributed by atoms with E-state index in [4.69, 9.17) is 10.4 Å². The lowest BCUT2D eigenvalue weighted by Gasteiger charge is -2.01. The van der Waals surface area contributed by atoms with E-state index in [1.807, 2.05) is 78.5 Å². The molecule has 2 heterocycles. The van der Waals surface area contributed by atoms with Gasteiger partial charge in [0.1, 0.15) is 10.4 Å². The van der Waals surface area contributed by atoms with Crippen LogP contribution in [0, 0.1) is 18.3 Å². The first kappa shape index (κ1) is 18.7. The predicted molar refractivity (Wildman–Crippen MR) is 116 cm³/mol. The molecule has 0 fully saturated rings. The van der Waals surface area contributed by atoms with E-state index in [2.05, 4.69) is 6.07 Å². The van der Waals surface area contributed by atoms with Gasteiger partial charge in [-0.2, -0.15) is 10.4 Å². The summed E-state index contributed by atoms with van der Waals surface area (Å²) in [4.78, 5) is 12.6. The van der Waals surface area contributed by atoms with Crippen molar-refractivity contribution in [1.82, 2.24) is 14.3 Å². The molecule has 0 saturated carbocycles. The van der Waals surface area contributed by atoms with Gasteiger partial charge in [-0.05, 0) is 31.2 Å². The maximum atomic E-state index is 12.6. The third-order valence-electron chi connectivity index (χ3n) is 4.59. The van der Waals surface area contributed by atoms with Crippen LogP contribution in [0.5, 0.6) is 0 Å². The van der Waals surface area contributed by atoms with E-state index in [0.717, 1.165) is 28.1 Å². The van der Waals surface area contributed by atoms with Crippen molar-refractivity contribution in [1.29, 1.82) is 5.26 Å². The number of thiazole rings is 1. The van der Waals surface area contributed by atoms with E-state index in [9.17, 15) is 4.79 Å². The molecular weight excluding hydrogens is 380 g/mol. The summed E-state index contributed by atoms with van der Waals surface area (Å²) in [6.07, 6.45) is 5.17. The molecule has 142 valence electrons. The van der Waals surface area contributed by atoms with Crippen molar-refractivity contribution in [3.63, 3.8) is 0 Å². The molecule has 0 bridgehead atoms. The van der Waals surface area contributed by atoms with Gasteiger partial charge in [0.2, 0.25) is 0 Å². The van der Waals surface area contributed by atoms with Gasteiger partial charge >= 0.3 is 0 Å². The highest BCUT2D eigenvalue weighted by molar-refractivity contribution is 7.07. The number of nitriles is 1. The molecule has 0 saturated heterocycles. The van der Waals surface area contributed by atoms with E-state index in [1.54, 1.807) is 7.05 Å². The third-order valence-corrected chi connectivity index (χ3v) is 5.70. The lowest BCUT2D eigenvalue weighted by atomic mass is 10.1. The number of hydrogen-bond acceptors (Lipinski definition) is 4. The van der Waals surface area contributed by atoms with Gasteiger partial charge in [0, 0.05) is 30.4 Å². The first-order valence-electron chi connectivity index (χ1n) is 9.06. The van der Waals surface area contributed by atoms with E-state index in [1.165, 1.54) is 22.0 Å². The van der Waals surface area contributed by atoms with Crippen LogP contribution in [0.4, 0.5) is 0 Å². The number of hydrogen-bond donors (Lipinski definition) is 0. The minimum absolute atomic E-state index is 0.126. The highest BCUT2D eigenvalue weighted by atomic mass is 32.1. The van der Waals surface area contributed by atoms with Crippen molar-refractivity contribution >= 4 is 23.5 Å². The fourth-order valence-electron chi connectivity index (χ4n) is 3.13. The zero-order valence-corrected chi connectivity index (χ0v) is 16.9. The summed E-state index contributed by atoms with van der Waals surface area (Å²) in [6, 6.07) is 20.0. The highest BCUT2D eigenvalue weighted by Gasteiger charge is 2.12. The summed E-state index contributed by atoms with van der Waals surface area (Å²) in [5, 5.41) is 13.7. The van der Waals surface area contributed by atoms with Gasteiger partial charge < -0.3 is 4.57 Å². The van der Waals surface area contributed by atoms with Crippen molar-refractivity contribution in [2.45, 2.75) is 6.92 Å². The molecule has 2 aromatic carbocycles. The molecule has 5 nitrogen and oxygen atoms in total. The monoisotopic (exact) mass is 398 g/mol. The zero-order chi connectivity index (χ0) is 20.4. The standard InChI is InChI=1S/C23H18N4OS/c1-16-7-6-8-17(13-16)22-18(15-27(25-22)19-9-4-3-5-10-19)14-20-23(28)26(2)21(29-20)11-12-24/h3-11,13-15H,1-2H3/b20-14-,21-11-. The molecular formula is C23H18N4OS. The van der Waals surface area contributed by atoms with Crippen LogP contribution in [-0.2, 0) is 7.05 Å². The third kappa shape index (κ3) is 3.68. The number of aryl methyl sites for hydroxylation is 1. The fraction of sp³-hybridized carbons (Fsp3) is 0.0870. The van der Waals surface area contributed by atoms with Crippen LogP contribution in [-0.4, -0.2) is 14.3 Å². The molecule has 0 unspecified atom stereocenters. The Morgan fingerprint density at radius 2 is 1.93 bits per heavy atom. The Balaban J connectivity index is 1.97. The molecule has 0 aliphatic rings. The Kier molecular flexibility index (Phi) is 4.98. The largest absolute Gasteiger partial charge is 0.301 e. The van der Waals surface area contributed by atoms with Crippen LogP contribution < -0.4 is 14.8 Å². The van der Waals surface area contributed by atoms with Gasteiger partial charge in [-0.25, -0.2) is 4.68 Å². The highest BCUT2D eigenvalue weighted by Crippen LogP contribution is 2.25. The molecule has 2 aromatic heterocycles. The average Bonchev–Trinajstić information content (AvgIpc) is 3.26. The molecule has 0 aliphatic heterocycles. The number of para-hydroxylation sites is 1. The van der Waals surface area contributed by atoms with Gasteiger partial charge in [-0.1, -0.05) is 42.0 Å². The summed E-state index contributed by atoms with van der Waals surface area (Å²) in [5.74, 6) is 0. The maximum Gasteiger partial charge on any atom is 0.268 e. The molecule has 0 radical (unpaired) electrons. The van der Waals surface area contributed by atoms with E-state index >= 15 is 0 Å². The predicted octanol–water partition coefficient (Wildman–Crippen LogP) is 2.74. The Morgan fingerprint density at radius 1 is 1.14 bits per heavy atom. The number of rotatable bonds is 3. The lowest BCUT2D eigenvalue weighted by Crippen LogP contribution is -2.28. The van der Waals surface area contributed by atoms with Crippen molar-refractivity contribution in [2.24, 2.45) is 7.05 Å². The summed E-state index contributed by atoms with van der Waals surface area (Å²) >= 11 is 1.30. The van der Waals surface area contributed by atoms with Gasteiger partial charge in [0.15, 0.2) is 0 Å². The first-order valence-corrected chi connectivity index (χ1v) is 9.88. The average molecular weight is 398 g/mol. The van der Waals surface area contributed by atoms with Crippen LogP contribution >= 0.6 is 11.3 Å². The zero-order valence-electron chi connectivity index (χ0n) is 16.0. The van der Waals surface area contributed by atoms with Crippen LogP contribution in [0.15, 0.2) is 65.6 Å². The van der Waals surface area contributed by atoms with Gasteiger partial charge in [0.25, 0.3) is 5.56 Å². The second-order valence-electron chi connectivity index (χ2n) is 6.67. The smallest absolute Gasteiger partial charge is 0.268 e. The maximum absolute atomic E-state index is 12.6. The lowest BCUT2D eigenvalue weighted by molar-refractivity contribution is 0.857.